The van der Waals surface area contributed by atoms with Gasteiger partial charge in [0.1, 0.15) is 11.5 Å². The van der Waals surface area contributed by atoms with Crippen molar-refractivity contribution in [3.63, 3.8) is 0 Å². The molecule has 0 aliphatic carbocycles. The number of methoxy groups -OCH3 is 2. The summed E-state index contributed by atoms with van der Waals surface area (Å²) in [6.07, 6.45) is 5.26. The Labute approximate surface area is 180 Å². The maximum absolute atomic E-state index is 5.50. The summed E-state index contributed by atoms with van der Waals surface area (Å²) in [5.74, 6) is 2.77. The van der Waals surface area contributed by atoms with Gasteiger partial charge in [0.25, 0.3) is 0 Å². The zero-order chi connectivity index (χ0) is 18.8. The molecule has 1 heterocycles. The molecule has 0 bridgehead atoms. The fraction of sp³-hybridized carbons (Fsp3) is 0.550. The molecule has 0 radical (unpaired) electrons. The quantitative estimate of drug-likeness (QED) is 0.210. The molecule has 0 unspecified atom stereocenters. The van der Waals surface area contributed by atoms with Crippen molar-refractivity contribution >= 4 is 29.9 Å². The Hall–Kier alpha value is -1.48. The lowest BCUT2D eigenvalue weighted by molar-refractivity contribution is 0.171. The van der Waals surface area contributed by atoms with Crippen LogP contribution in [0.1, 0.15) is 18.9 Å². The largest absolute Gasteiger partial charge is 0.497 e. The lowest BCUT2D eigenvalue weighted by atomic mass is 10.1. The molecule has 1 aromatic rings. The van der Waals surface area contributed by atoms with E-state index in [2.05, 4.69) is 38.3 Å². The monoisotopic (exact) mass is 488 g/mol. The number of benzene rings is 1. The fourth-order valence-electron chi connectivity index (χ4n) is 3.13. The van der Waals surface area contributed by atoms with Gasteiger partial charge in [0.2, 0.25) is 0 Å². The first kappa shape index (κ1) is 23.6. The molecule has 0 spiro atoms. The van der Waals surface area contributed by atoms with Crippen LogP contribution in [-0.4, -0.2) is 69.8 Å². The van der Waals surface area contributed by atoms with Gasteiger partial charge in [-0.05, 0) is 31.5 Å². The number of halogens is 1. The SMILES string of the molecule is C/C=C/CCNC(=NC)N1CCN(Cc2cc(OC)ccc2OC)CC1.I. The number of piperazine rings is 1. The highest BCUT2D eigenvalue weighted by molar-refractivity contribution is 14.0. The molecule has 2 rings (SSSR count). The van der Waals surface area contributed by atoms with Crippen LogP contribution < -0.4 is 14.8 Å². The van der Waals surface area contributed by atoms with Crippen LogP contribution in [0.15, 0.2) is 35.3 Å². The second-order valence-corrected chi connectivity index (χ2v) is 6.27. The summed E-state index contributed by atoms with van der Waals surface area (Å²) in [4.78, 5) is 9.19. The highest BCUT2D eigenvalue weighted by atomic mass is 127. The normalized spacial score (nSPS) is 15.6. The van der Waals surface area contributed by atoms with Crippen LogP contribution in [0.25, 0.3) is 0 Å². The van der Waals surface area contributed by atoms with Crippen molar-refractivity contribution in [1.29, 1.82) is 0 Å². The van der Waals surface area contributed by atoms with E-state index in [1.165, 1.54) is 0 Å². The summed E-state index contributed by atoms with van der Waals surface area (Å²) >= 11 is 0. The van der Waals surface area contributed by atoms with Crippen molar-refractivity contribution in [1.82, 2.24) is 15.1 Å². The molecule has 1 N–H and O–H groups in total. The second kappa shape index (κ2) is 12.8. The molecule has 7 heteroatoms. The minimum atomic E-state index is 0. The van der Waals surface area contributed by atoms with Gasteiger partial charge in [-0.15, -0.1) is 24.0 Å². The van der Waals surface area contributed by atoms with Gasteiger partial charge in [0.15, 0.2) is 5.96 Å². The molecular formula is C20H33IN4O2. The van der Waals surface area contributed by atoms with Crippen LogP contribution in [0.2, 0.25) is 0 Å². The molecule has 27 heavy (non-hydrogen) atoms. The van der Waals surface area contributed by atoms with E-state index in [1.54, 1.807) is 14.2 Å². The van der Waals surface area contributed by atoms with E-state index in [9.17, 15) is 0 Å². The molecule has 1 aliphatic rings. The first-order chi connectivity index (χ1) is 12.7. The topological polar surface area (TPSA) is 49.3 Å². The minimum Gasteiger partial charge on any atom is -0.497 e. The molecule has 1 aliphatic heterocycles. The first-order valence-corrected chi connectivity index (χ1v) is 9.21. The third kappa shape index (κ3) is 7.21. The van der Waals surface area contributed by atoms with Gasteiger partial charge in [0, 0.05) is 51.9 Å². The fourth-order valence-corrected chi connectivity index (χ4v) is 3.13. The average Bonchev–Trinajstić information content (AvgIpc) is 2.69. The van der Waals surface area contributed by atoms with E-state index in [1.807, 2.05) is 26.1 Å². The third-order valence-electron chi connectivity index (χ3n) is 4.59. The van der Waals surface area contributed by atoms with Crippen LogP contribution in [0, 0.1) is 0 Å². The van der Waals surface area contributed by atoms with E-state index in [-0.39, 0.29) is 24.0 Å². The lowest BCUT2D eigenvalue weighted by Gasteiger charge is -2.36. The predicted molar refractivity (Wildman–Crippen MR) is 123 cm³/mol. The molecule has 0 saturated carbocycles. The summed E-state index contributed by atoms with van der Waals surface area (Å²) in [5.41, 5.74) is 1.16. The van der Waals surface area contributed by atoms with Crippen LogP contribution in [-0.2, 0) is 6.54 Å². The molecule has 152 valence electrons. The Morgan fingerprint density at radius 2 is 1.93 bits per heavy atom. The van der Waals surface area contributed by atoms with E-state index in [0.717, 1.165) is 68.7 Å². The van der Waals surface area contributed by atoms with Gasteiger partial charge >= 0.3 is 0 Å². The number of rotatable bonds is 7. The Balaban J connectivity index is 0.00000364. The Morgan fingerprint density at radius 1 is 1.19 bits per heavy atom. The number of hydrogen-bond acceptors (Lipinski definition) is 4. The Bertz CT molecular complexity index is 614. The molecule has 1 saturated heterocycles. The minimum absolute atomic E-state index is 0. The van der Waals surface area contributed by atoms with E-state index in [4.69, 9.17) is 9.47 Å². The smallest absolute Gasteiger partial charge is 0.193 e. The number of aliphatic imine (C=N–C) groups is 1. The molecule has 0 atom stereocenters. The molecule has 6 nitrogen and oxygen atoms in total. The molecule has 0 amide bonds. The van der Waals surface area contributed by atoms with Gasteiger partial charge in [-0.2, -0.15) is 0 Å². The first-order valence-electron chi connectivity index (χ1n) is 9.21. The number of allylic oxidation sites excluding steroid dienone is 1. The van der Waals surface area contributed by atoms with Crippen LogP contribution in [0.5, 0.6) is 11.5 Å². The van der Waals surface area contributed by atoms with Gasteiger partial charge < -0.3 is 19.7 Å². The van der Waals surface area contributed by atoms with Gasteiger partial charge in [-0.25, -0.2) is 0 Å². The molecular weight excluding hydrogens is 455 g/mol. The highest BCUT2D eigenvalue weighted by Gasteiger charge is 2.20. The van der Waals surface area contributed by atoms with Crippen molar-refractivity contribution in [3.05, 3.63) is 35.9 Å². The lowest BCUT2D eigenvalue weighted by Crippen LogP contribution is -2.52. The van der Waals surface area contributed by atoms with Crippen molar-refractivity contribution in [2.75, 3.05) is 54.0 Å². The van der Waals surface area contributed by atoms with Gasteiger partial charge in [0.05, 0.1) is 14.2 Å². The van der Waals surface area contributed by atoms with Crippen LogP contribution in [0.3, 0.4) is 0 Å². The highest BCUT2D eigenvalue weighted by Crippen LogP contribution is 2.25. The maximum atomic E-state index is 5.50. The maximum Gasteiger partial charge on any atom is 0.193 e. The van der Waals surface area contributed by atoms with Crippen molar-refractivity contribution in [2.45, 2.75) is 19.9 Å². The number of hydrogen-bond donors (Lipinski definition) is 1. The van der Waals surface area contributed by atoms with Gasteiger partial charge in [-0.1, -0.05) is 12.2 Å². The zero-order valence-corrected chi connectivity index (χ0v) is 19.2. The van der Waals surface area contributed by atoms with E-state index in [0.29, 0.717) is 0 Å². The van der Waals surface area contributed by atoms with Crippen molar-refractivity contribution in [2.24, 2.45) is 4.99 Å². The molecule has 1 aromatic carbocycles. The van der Waals surface area contributed by atoms with E-state index < -0.39 is 0 Å². The average molecular weight is 488 g/mol. The standard InChI is InChI=1S/C20H32N4O2.HI/c1-5-6-7-10-22-20(21-2)24-13-11-23(12-14-24)16-17-15-18(25-3)8-9-19(17)26-4;/h5-6,8-9,15H,7,10-14,16H2,1-4H3,(H,21,22);1H/b6-5+;. The number of guanidine groups is 1. The number of nitrogens with one attached hydrogen (secondary N) is 1. The molecule has 0 aromatic heterocycles. The Kier molecular flexibility index (Phi) is 11.2. The number of nitrogens with zero attached hydrogens (tertiary/aromatic N) is 3. The van der Waals surface area contributed by atoms with Crippen LogP contribution in [0.4, 0.5) is 0 Å². The Morgan fingerprint density at radius 3 is 2.52 bits per heavy atom. The molecule has 1 fully saturated rings. The second-order valence-electron chi connectivity index (χ2n) is 6.27. The summed E-state index contributed by atoms with van der Waals surface area (Å²) in [5, 5.41) is 3.44. The van der Waals surface area contributed by atoms with Crippen molar-refractivity contribution < 1.29 is 9.47 Å². The van der Waals surface area contributed by atoms with Gasteiger partial charge in [-0.3, -0.25) is 9.89 Å². The summed E-state index contributed by atoms with van der Waals surface area (Å²) in [6.45, 7) is 7.75. The zero-order valence-electron chi connectivity index (χ0n) is 16.9. The summed E-state index contributed by atoms with van der Waals surface area (Å²) in [7, 11) is 5.26. The third-order valence-corrected chi connectivity index (χ3v) is 4.59. The summed E-state index contributed by atoms with van der Waals surface area (Å²) in [6, 6.07) is 5.97. The van der Waals surface area contributed by atoms with E-state index >= 15 is 0 Å². The summed E-state index contributed by atoms with van der Waals surface area (Å²) < 4.78 is 10.9. The number of ether oxygens (including phenoxy) is 2. The predicted octanol–water partition coefficient (Wildman–Crippen LogP) is 2.98. The van der Waals surface area contributed by atoms with Crippen molar-refractivity contribution in [3.8, 4) is 11.5 Å². The van der Waals surface area contributed by atoms with Crippen LogP contribution >= 0.6 is 24.0 Å².